The first-order valence-electron chi connectivity index (χ1n) is 5.09. The Morgan fingerprint density at radius 2 is 1.88 bits per heavy atom. The van der Waals surface area contributed by atoms with E-state index in [0.29, 0.717) is 8.95 Å². The Bertz CT molecular complexity index is 335. The predicted octanol–water partition coefficient (Wildman–Crippen LogP) is 2.43. The van der Waals surface area contributed by atoms with E-state index in [9.17, 15) is 10.2 Å². The summed E-state index contributed by atoms with van der Waals surface area (Å²) in [6.07, 6.45) is 0.724. The van der Waals surface area contributed by atoms with Crippen LogP contribution >= 0.6 is 31.9 Å². The minimum atomic E-state index is 0.0494. The number of phenolic OH excluding ortho intramolecular Hbond substituents is 1. The van der Waals surface area contributed by atoms with Gasteiger partial charge in [-0.05, 0) is 62.5 Å². The molecule has 0 aliphatic carbocycles. The van der Waals surface area contributed by atoms with Gasteiger partial charge in [-0.15, -0.1) is 0 Å². The molecule has 90 valence electrons. The van der Waals surface area contributed by atoms with Crippen molar-refractivity contribution in [2.45, 2.75) is 19.4 Å². The highest BCUT2D eigenvalue weighted by molar-refractivity contribution is 9.11. The summed E-state index contributed by atoms with van der Waals surface area (Å²) in [6.45, 7) is 2.93. The smallest absolute Gasteiger partial charge is 0.143 e. The highest BCUT2D eigenvalue weighted by Crippen LogP contribution is 2.33. The molecule has 0 saturated heterocycles. The highest BCUT2D eigenvalue weighted by atomic mass is 79.9. The van der Waals surface area contributed by atoms with Crippen molar-refractivity contribution in [1.29, 1.82) is 0 Å². The molecule has 0 radical (unpaired) electrons. The fourth-order valence-corrected chi connectivity index (χ4v) is 2.79. The normalized spacial score (nSPS) is 12.8. The van der Waals surface area contributed by atoms with Crippen molar-refractivity contribution in [3.05, 3.63) is 26.6 Å². The van der Waals surface area contributed by atoms with Crippen LogP contribution in [-0.4, -0.2) is 29.4 Å². The molecule has 0 saturated carbocycles. The van der Waals surface area contributed by atoms with Gasteiger partial charge in [0, 0.05) is 6.04 Å². The zero-order valence-electron chi connectivity index (χ0n) is 9.00. The Morgan fingerprint density at radius 1 is 1.31 bits per heavy atom. The van der Waals surface area contributed by atoms with Crippen LogP contribution in [0.25, 0.3) is 0 Å². The summed E-state index contributed by atoms with van der Waals surface area (Å²) in [5.74, 6) is 0.202. The lowest BCUT2D eigenvalue weighted by atomic mass is 10.1. The van der Waals surface area contributed by atoms with E-state index in [-0.39, 0.29) is 18.4 Å². The summed E-state index contributed by atoms with van der Waals surface area (Å²) >= 11 is 6.57. The van der Waals surface area contributed by atoms with Gasteiger partial charge >= 0.3 is 0 Å². The van der Waals surface area contributed by atoms with Gasteiger partial charge in [0.15, 0.2) is 0 Å². The lowest BCUT2D eigenvalue weighted by Gasteiger charge is -2.15. The largest absolute Gasteiger partial charge is 0.506 e. The van der Waals surface area contributed by atoms with Crippen LogP contribution in [0.3, 0.4) is 0 Å². The van der Waals surface area contributed by atoms with Crippen molar-refractivity contribution in [1.82, 2.24) is 5.32 Å². The first-order valence-corrected chi connectivity index (χ1v) is 6.68. The van der Waals surface area contributed by atoms with Gasteiger partial charge in [-0.25, -0.2) is 0 Å². The van der Waals surface area contributed by atoms with Crippen LogP contribution in [0.5, 0.6) is 5.75 Å². The van der Waals surface area contributed by atoms with E-state index >= 15 is 0 Å². The van der Waals surface area contributed by atoms with E-state index in [1.54, 1.807) is 0 Å². The zero-order chi connectivity index (χ0) is 12.1. The fraction of sp³-hybridized carbons (Fsp3) is 0.455. The van der Waals surface area contributed by atoms with Crippen LogP contribution in [0.2, 0.25) is 0 Å². The molecule has 0 aliphatic heterocycles. The number of rotatable bonds is 5. The number of nitrogens with one attached hydrogen (secondary N) is 1. The number of halogens is 2. The molecular weight excluding hydrogens is 338 g/mol. The third-order valence-corrected chi connectivity index (χ3v) is 3.48. The topological polar surface area (TPSA) is 52.5 Å². The summed E-state index contributed by atoms with van der Waals surface area (Å²) < 4.78 is 1.31. The molecule has 0 heterocycles. The maximum atomic E-state index is 9.57. The molecular formula is C11H15Br2NO2. The highest BCUT2D eigenvalue weighted by Gasteiger charge is 2.10. The van der Waals surface area contributed by atoms with Crippen molar-refractivity contribution < 1.29 is 10.2 Å². The second-order valence-electron chi connectivity index (χ2n) is 3.55. The maximum Gasteiger partial charge on any atom is 0.143 e. The lowest BCUT2D eigenvalue weighted by Crippen LogP contribution is -2.34. The molecule has 1 atom stereocenters. The Labute approximate surface area is 112 Å². The van der Waals surface area contributed by atoms with Gasteiger partial charge in [0.2, 0.25) is 0 Å². The second kappa shape index (κ2) is 6.59. The van der Waals surface area contributed by atoms with Crippen LogP contribution in [-0.2, 0) is 6.42 Å². The van der Waals surface area contributed by atoms with Crippen molar-refractivity contribution >= 4 is 31.9 Å². The van der Waals surface area contributed by atoms with E-state index in [2.05, 4.69) is 37.2 Å². The maximum absolute atomic E-state index is 9.57. The van der Waals surface area contributed by atoms with Gasteiger partial charge in [0.1, 0.15) is 5.75 Å². The molecule has 1 rings (SSSR count). The van der Waals surface area contributed by atoms with Gasteiger partial charge in [0.25, 0.3) is 0 Å². The summed E-state index contributed by atoms with van der Waals surface area (Å²) in [6, 6.07) is 3.77. The standard InChI is InChI=1S/C11H15Br2NO2/c1-2-14-8(6-15)3-7-4-9(12)11(16)10(13)5-7/h4-5,8,14-16H,2-3,6H2,1H3. The monoisotopic (exact) mass is 351 g/mol. The minimum absolute atomic E-state index is 0.0494. The molecule has 0 spiro atoms. The third kappa shape index (κ3) is 3.73. The molecule has 3 N–H and O–H groups in total. The van der Waals surface area contributed by atoms with Gasteiger partial charge in [0.05, 0.1) is 15.6 Å². The Hall–Kier alpha value is -0.100. The number of aliphatic hydroxyl groups is 1. The molecule has 1 aromatic rings. The second-order valence-corrected chi connectivity index (χ2v) is 5.26. The van der Waals surface area contributed by atoms with E-state index in [1.807, 2.05) is 19.1 Å². The molecule has 1 unspecified atom stereocenters. The number of hydrogen-bond acceptors (Lipinski definition) is 3. The van der Waals surface area contributed by atoms with Gasteiger partial charge < -0.3 is 15.5 Å². The third-order valence-electron chi connectivity index (χ3n) is 2.27. The molecule has 0 amide bonds. The summed E-state index contributed by atoms with van der Waals surface area (Å²) in [5, 5.41) is 21.9. The predicted molar refractivity (Wildman–Crippen MR) is 71.8 cm³/mol. The van der Waals surface area contributed by atoms with Crippen molar-refractivity contribution in [3.63, 3.8) is 0 Å². The molecule has 3 nitrogen and oxygen atoms in total. The summed E-state index contributed by atoms with van der Waals surface area (Å²) in [5.41, 5.74) is 1.05. The molecule has 1 aromatic carbocycles. The Kier molecular flexibility index (Phi) is 5.75. The quantitative estimate of drug-likeness (QED) is 0.762. The number of phenols is 1. The van der Waals surface area contributed by atoms with Gasteiger partial charge in [-0.1, -0.05) is 6.92 Å². The fourth-order valence-electron chi connectivity index (χ4n) is 1.51. The number of benzene rings is 1. The molecule has 0 fully saturated rings. The Morgan fingerprint density at radius 3 is 2.31 bits per heavy atom. The molecule has 0 aliphatic rings. The van der Waals surface area contributed by atoms with Gasteiger partial charge in [-0.2, -0.15) is 0 Å². The van der Waals surface area contributed by atoms with Crippen molar-refractivity contribution in [2.75, 3.05) is 13.2 Å². The van der Waals surface area contributed by atoms with Crippen molar-refractivity contribution in [2.24, 2.45) is 0 Å². The summed E-state index contributed by atoms with van der Waals surface area (Å²) in [7, 11) is 0. The average Bonchev–Trinajstić information content (AvgIpc) is 2.25. The van der Waals surface area contributed by atoms with E-state index in [1.165, 1.54) is 0 Å². The van der Waals surface area contributed by atoms with Crippen LogP contribution in [0.4, 0.5) is 0 Å². The molecule has 5 heteroatoms. The SMILES string of the molecule is CCNC(CO)Cc1cc(Br)c(O)c(Br)c1. The number of hydrogen-bond donors (Lipinski definition) is 3. The first-order chi connectivity index (χ1) is 7.58. The van der Waals surface area contributed by atoms with Crippen LogP contribution in [0, 0.1) is 0 Å². The van der Waals surface area contributed by atoms with Crippen LogP contribution in [0.1, 0.15) is 12.5 Å². The zero-order valence-corrected chi connectivity index (χ0v) is 12.2. The van der Waals surface area contributed by atoms with E-state index in [0.717, 1.165) is 18.5 Å². The first kappa shape index (κ1) is 14.0. The minimum Gasteiger partial charge on any atom is -0.506 e. The molecule has 16 heavy (non-hydrogen) atoms. The lowest BCUT2D eigenvalue weighted by molar-refractivity contribution is 0.243. The number of likely N-dealkylation sites (N-methyl/N-ethyl adjacent to an activating group) is 1. The van der Waals surface area contributed by atoms with Gasteiger partial charge in [-0.3, -0.25) is 0 Å². The van der Waals surface area contributed by atoms with E-state index < -0.39 is 0 Å². The Balaban J connectivity index is 2.80. The average molecular weight is 353 g/mol. The van der Waals surface area contributed by atoms with Crippen LogP contribution < -0.4 is 5.32 Å². The van der Waals surface area contributed by atoms with Crippen molar-refractivity contribution in [3.8, 4) is 5.75 Å². The van der Waals surface area contributed by atoms with Crippen LogP contribution in [0.15, 0.2) is 21.1 Å². The number of aliphatic hydroxyl groups excluding tert-OH is 1. The van der Waals surface area contributed by atoms with E-state index in [4.69, 9.17) is 0 Å². The molecule has 0 bridgehead atoms. The number of aromatic hydroxyl groups is 1. The summed E-state index contributed by atoms with van der Waals surface area (Å²) in [4.78, 5) is 0. The molecule has 0 aromatic heterocycles.